The molecule has 0 aliphatic heterocycles. The van der Waals surface area contributed by atoms with Crippen molar-refractivity contribution >= 4 is 5.57 Å². The van der Waals surface area contributed by atoms with Crippen LogP contribution < -0.4 is 0 Å². The molecule has 0 nitrogen and oxygen atoms in total. The van der Waals surface area contributed by atoms with E-state index in [2.05, 4.69) is 65.8 Å². The first-order valence-electron chi connectivity index (χ1n) is 6.38. The Morgan fingerprint density at radius 1 is 1.12 bits per heavy atom. The second kappa shape index (κ2) is 5.86. The van der Waals surface area contributed by atoms with E-state index in [1.807, 2.05) is 0 Å². The van der Waals surface area contributed by atoms with Crippen LogP contribution in [0.2, 0.25) is 0 Å². The van der Waals surface area contributed by atoms with Gasteiger partial charge >= 0.3 is 0 Å². The fourth-order valence-corrected chi connectivity index (χ4v) is 1.98. The van der Waals surface area contributed by atoms with Gasteiger partial charge in [-0.15, -0.1) is 0 Å². The summed E-state index contributed by atoms with van der Waals surface area (Å²) in [5, 5.41) is 0. The number of benzene rings is 1. The SMILES string of the molecule is CCC(C)=C(C)C=C(C)c1cccc(C)c1C. The van der Waals surface area contributed by atoms with Gasteiger partial charge in [0.2, 0.25) is 0 Å². The molecule has 1 rings (SSSR count). The van der Waals surface area contributed by atoms with Gasteiger partial charge in [-0.25, -0.2) is 0 Å². The molecule has 0 heteroatoms. The van der Waals surface area contributed by atoms with E-state index in [-0.39, 0.29) is 0 Å². The summed E-state index contributed by atoms with van der Waals surface area (Å²) in [4.78, 5) is 0. The molecule has 0 atom stereocenters. The van der Waals surface area contributed by atoms with Crippen LogP contribution in [0, 0.1) is 13.8 Å². The first kappa shape index (κ1) is 13.8. The lowest BCUT2D eigenvalue weighted by Gasteiger charge is -2.10. The lowest BCUT2D eigenvalue weighted by molar-refractivity contribution is 1.07. The maximum Gasteiger partial charge on any atom is -0.0195 e. The zero-order valence-corrected chi connectivity index (χ0v) is 12.0. The summed E-state index contributed by atoms with van der Waals surface area (Å²) >= 11 is 0. The Bertz CT molecular complexity index is 459. The molecule has 0 unspecified atom stereocenters. The smallest absolute Gasteiger partial charge is 0.0195 e. The predicted molar refractivity (Wildman–Crippen MR) is 78.2 cm³/mol. The minimum Gasteiger partial charge on any atom is -0.0707 e. The van der Waals surface area contributed by atoms with Crippen molar-refractivity contribution in [2.75, 3.05) is 0 Å². The highest BCUT2D eigenvalue weighted by Gasteiger charge is 2.02. The second-order valence-corrected chi connectivity index (χ2v) is 4.89. The Kier molecular flexibility index (Phi) is 4.74. The van der Waals surface area contributed by atoms with Crippen molar-refractivity contribution in [2.45, 2.75) is 48.0 Å². The molecule has 17 heavy (non-hydrogen) atoms. The normalized spacial score (nSPS) is 13.6. The Balaban J connectivity index is 3.17. The molecule has 0 saturated heterocycles. The van der Waals surface area contributed by atoms with Gasteiger partial charge in [0, 0.05) is 0 Å². The molecule has 0 spiro atoms. The molecule has 1 aromatic rings. The molecule has 0 bridgehead atoms. The van der Waals surface area contributed by atoms with Gasteiger partial charge in [0.1, 0.15) is 0 Å². The van der Waals surface area contributed by atoms with Gasteiger partial charge in [-0.2, -0.15) is 0 Å². The first-order valence-corrected chi connectivity index (χ1v) is 6.38. The fourth-order valence-electron chi connectivity index (χ4n) is 1.98. The van der Waals surface area contributed by atoms with Crippen LogP contribution in [0.5, 0.6) is 0 Å². The zero-order chi connectivity index (χ0) is 13.0. The molecule has 0 radical (unpaired) electrons. The van der Waals surface area contributed by atoms with Crippen LogP contribution in [0.15, 0.2) is 35.4 Å². The summed E-state index contributed by atoms with van der Waals surface area (Å²) in [6.45, 7) is 13.2. The highest BCUT2D eigenvalue weighted by Crippen LogP contribution is 2.23. The summed E-state index contributed by atoms with van der Waals surface area (Å²) in [6, 6.07) is 6.52. The maximum atomic E-state index is 2.31. The van der Waals surface area contributed by atoms with Crippen LogP contribution in [0.25, 0.3) is 5.57 Å². The van der Waals surface area contributed by atoms with Crippen LogP contribution in [-0.4, -0.2) is 0 Å². The van der Waals surface area contributed by atoms with Crippen LogP contribution in [0.3, 0.4) is 0 Å². The van der Waals surface area contributed by atoms with Crippen LogP contribution in [0.1, 0.15) is 50.8 Å². The average Bonchev–Trinajstić information content (AvgIpc) is 2.31. The Hall–Kier alpha value is -1.30. The zero-order valence-electron chi connectivity index (χ0n) is 12.0. The third-order valence-corrected chi connectivity index (χ3v) is 3.67. The van der Waals surface area contributed by atoms with Crippen molar-refractivity contribution in [1.82, 2.24) is 0 Å². The summed E-state index contributed by atoms with van der Waals surface area (Å²) in [7, 11) is 0. The van der Waals surface area contributed by atoms with E-state index < -0.39 is 0 Å². The average molecular weight is 228 g/mol. The molecule has 0 aromatic heterocycles. The summed E-state index contributed by atoms with van der Waals surface area (Å²) in [6.07, 6.45) is 3.43. The van der Waals surface area contributed by atoms with Crippen LogP contribution in [-0.2, 0) is 0 Å². The minimum absolute atomic E-state index is 1.13. The topological polar surface area (TPSA) is 0 Å². The molecule has 0 aliphatic rings. The van der Waals surface area contributed by atoms with E-state index in [1.165, 1.54) is 33.4 Å². The maximum absolute atomic E-state index is 2.31. The Morgan fingerprint density at radius 2 is 1.76 bits per heavy atom. The van der Waals surface area contributed by atoms with Gasteiger partial charge < -0.3 is 0 Å². The van der Waals surface area contributed by atoms with Gasteiger partial charge in [-0.1, -0.05) is 42.3 Å². The molecule has 0 amide bonds. The van der Waals surface area contributed by atoms with E-state index in [0.29, 0.717) is 0 Å². The molecule has 0 heterocycles. The van der Waals surface area contributed by atoms with Crippen molar-refractivity contribution in [2.24, 2.45) is 0 Å². The van der Waals surface area contributed by atoms with E-state index in [1.54, 1.807) is 0 Å². The summed E-state index contributed by atoms with van der Waals surface area (Å²) < 4.78 is 0. The monoisotopic (exact) mass is 228 g/mol. The lowest BCUT2D eigenvalue weighted by atomic mass is 9.96. The van der Waals surface area contributed by atoms with Crippen LogP contribution in [0.4, 0.5) is 0 Å². The first-order chi connectivity index (χ1) is 7.97. The van der Waals surface area contributed by atoms with Gasteiger partial charge in [-0.05, 0) is 63.3 Å². The molecule has 0 aliphatic carbocycles. The Morgan fingerprint density at radius 3 is 2.35 bits per heavy atom. The second-order valence-electron chi connectivity index (χ2n) is 4.89. The van der Waals surface area contributed by atoms with E-state index in [0.717, 1.165) is 6.42 Å². The van der Waals surface area contributed by atoms with Gasteiger partial charge in [0.15, 0.2) is 0 Å². The van der Waals surface area contributed by atoms with E-state index in [4.69, 9.17) is 0 Å². The van der Waals surface area contributed by atoms with Crippen molar-refractivity contribution in [3.8, 4) is 0 Å². The number of hydrogen-bond donors (Lipinski definition) is 0. The summed E-state index contributed by atoms with van der Waals surface area (Å²) in [5.41, 5.74) is 8.35. The standard InChI is InChI=1S/C17H24/c1-7-12(2)14(4)11-15(5)17-10-8-9-13(3)16(17)6/h8-11H,7H2,1-6H3. The number of rotatable bonds is 3. The van der Waals surface area contributed by atoms with E-state index >= 15 is 0 Å². The van der Waals surface area contributed by atoms with Crippen molar-refractivity contribution in [3.63, 3.8) is 0 Å². The van der Waals surface area contributed by atoms with Crippen molar-refractivity contribution in [3.05, 3.63) is 52.1 Å². The molecular weight excluding hydrogens is 204 g/mol. The number of hydrogen-bond acceptors (Lipinski definition) is 0. The van der Waals surface area contributed by atoms with Crippen molar-refractivity contribution in [1.29, 1.82) is 0 Å². The lowest BCUT2D eigenvalue weighted by Crippen LogP contribution is -1.90. The molecule has 1 aromatic carbocycles. The number of allylic oxidation sites excluding steroid dienone is 4. The largest absolute Gasteiger partial charge is 0.0707 e. The third kappa shape index (κ3) is 3.33. The fraction of sp³-hybridized carbons (Fsp3) is 0.412. The molecule has 92 valence electrons. The minimum atomic E-state index is 1.13. The van der Waals surface area contributed by atoms with Gasteiger partial charge in [-0.3, -0.25) is 0 Å². The van der Waals surface area contributed by atoms with Crippen LogP contribution >= 0.6 is 0 Å². The highest BCUT2D eigenvalue weighted by molar-refractivity contribution is 5.69. The van der Waals surface area contributed by atoms with Gasteiger partial charge in [0.25, 0.3) is 0 Å². The number of aryl methyl sites for hydroxylation is 1. The van der Waals surface area contributed by atoms with E-state index in [9.17, 15) is 0 Å². The third-order valence-electron chi connectivity index (χ3n) is 3.67. The van der Waals surface area contributed by atoms with Crippen molar-refractivity contribution < 1.29 is 0 Å². The molecule has 0 saturated carbocycles. The Labute approximate surface area is 106 Å². The van der Waals surface area contributed by atoms with Gasteiger partial charge in [0.05, 0.1) is 0 Å². The predicted octanol–water partition coefficient (Wildman–Crippen LogP) is 5.45. The quantitative estimate of drug-likeness (QED) is 0.603. The molecule has 0 N–H and O–H groups in total. The highest BCUT2D eigenvalue weighted by atomic mass is 14.1. The molecule has 0 fully saturated rings. The summed E-state index contributed by atoms with van der Waals surface area (Å²) in [5.74, 6) is 0. The molecular formula is C17H24.